The first-order valence-corrected chi connectivity index (χ1v) is 7.61. The van der Waals surface area contributed by atoms with Gasteiger partial charge in [0, 0.05) is 12.7 Å². The summed E-state index contributed by atoms with van der Waals surface area (Å²) in [6.45, 7) is 2.30. The predicted octanol–water partition coefficient (Wildman–Crippen LogP) is 5.19. The van der Waals surface area contributed by atoms with Crippen molar-refractivity contribution >= 4 is 5.69 Å². The highest BCUT2D eigenvalue weighted by Crippen LogP contribution is 2.37. The molecular weight excluding hydrogens is 218 g/mol. The molecule has 0 atom stereocenters. The summed E-state index contributed by atoms with van der Waals surface area (Å²) in [6, 6.07) is 9.03. The Morgan fingerprint density at radius 3 is 2.28 bits per heavy atom. The summed E-state index contributed by atoms with van der Waals surface area (Å²) in [6.07, 6.45) is 9.91. The van der Waals surface area contributed by atoms with Crippen LogP contribution in [0.2, 0.25) is 0 Å². The van der Waals surface area contributed by atoms with Crippen molar-refractivity contribution in [3.63, 3.8) is 0 Å². The van der Waals surface area contributed by atoms with Crippen LogP contribution in [0, 0.1) is 5.92 Å². The average molecular weight is 245 g/mol. The van der Waals surface area contributed by atoms with Crippen LogP contribution >= 0.6 is 0 Å². The summed E-state index contributed by atoms with van der Waals surface area (Å²) >= 11 is 0. The average Bonchev–Trinajstić information content (AvgIpc) is 2.46. The molecule has 1 aliphatic rings. The second kappa shape index (κ2) is 6.82. The van der Waals surface area contributed by atoms with Crippen LogP contribution in [0.15, 0.2) is 24.3 Å². The van der Waals surface area contributed by atoms with Gasteiger partial charge in [0.25, 0.3) is 0 Å². The van der Waals surface area contributed by atoms with Crippen LogP contribution in [-0.4, -0.2) is 7.05 Å². The zero-order chi connectivity index (χ0) is 12.8. The summed E-state index contributed by atoms with van der Waals surface area (Å²) in [5, 5.41) is 3.19. The maximum atomic E-state index is 3.19. The lowest BCUT2D eigenvalue weighted by Crippen LogP contribution is -2.13. The lowest BCUT2D eigenvalue weighted by molar-refractivity contribution is 0.304. The minimum absolute atomic E-state index is 0.814. The molecule has 0 heterocycles. The molecule has 1 fully saturated rings. The molecule has 1 saturated carbocycles. The number of rotatable bonds is 5. The SMILES string of the molecule is CCCCC1CCC(c2ccc(NC)cc2)CC1. The Kier molecular flexibility index (Phi) is 5.10. The molecule has 1 aromatic rings. The van der Waals surface area contributed by atoms with E-state index >= 15 is 0 Å². The minimum Gasteiger partial charge on any atom is -0.388 e. The number of hydrogen-bond donors (Lipinski definition) is 1. The molecule has 0 aliphatic heterocycles. The third-order valence-corrected chi connectivity index (χ3v) is 4.48. The Morgan fingerprint density at radius 1 is 1.06 bits per heavy atom. The van der Waals surface area contributed by atoms with Gasteiger partial charge in [0.2, 0.25) is 0 Å². The van der Waals surface area contributed by atoms with E-state index in [1.165, 1.54) is 50.6 Å². The van der Waals surface area contributed by atoms with Crippen molar-refractivity contribution in [1.82, 2.24) is 0 Å². The number of benzene rings is 1. The lowest BCUT2D eigenvalue weighted by Gasteiger charge is -2.28. The molecule has 0 radical (unpaired) electrons. The van der Waals surface area contributed by atoms with Gasteiger partial charge < -0.3 is 5.32 Å². The van der Waals surface area contributed by atoms with Gasteiger partial charge >= 0.3 is 0 Å². The van der Waals surface area contributed by atoms with Crippen LogP contribution in [0.25, 0.3) is 0 Å². The maximum Gasteiger partial charge on any atom is 0.0337 e. The van der Waals surface area contributed by atoms with Crippen LogP contribution in [-0.2, 0) is 0 Å². The van der Waals surface area contributed by atoms with Crippen molar-refractivity contribution in [3.05, 3.63) is 29.8 Å². The van der Waals surface area contributed by atoms with Crippen molar-refractivity contribution in [3.8, 4) is 0 Å². The Labute approximate surface area is 112 Å². The monoisotopic (exact) mass is 245 g/mol. The van der Waals surface area contributed by atoms with E-state index in [2.05, 4.69) is 36.5 Å². The predicted molar refractivity (Wildman–Crippen MR) is 80.2 cm³/mol. The van der Waals surface area contributed by atoms with Gasteiger partial charge in [-0.15, -0.1) is 0 Å². The van der Waals surface area contributed by atoms with E-state index in [0.29, 0.717) is 0 Å². The fraction of sp³-hybridized carbons (Fsp3) is 0.647. The van der Waals surface area contributed by atoms with E-state index in [4.69, 9.17) is 0 Å². The summed E-state index contributed by atoms with van der Waals surface area (Å²) in [7, 11) is 1.98. The Bertz CT molecular complexity index is 333. The van der Waals surface area contributed by atoms with Crippen LogP contribution in [0.1, 0.15) is 63.4 Å². The van der Waals surface area contributed by atoms with Crippen molar-refractivity contribution in [2.75, 3.05) is 12.4 Å². The third kappa shape index (κ3) is 3.51. The van der Waals surface area contributed by atoms with E-state index in [9.17, 15) is 0 Å². The Hall–Kier alpha value is -0.980. The topological polar surface area (TPSA) is 12.0 Å². The van der Waals surface area contributed by atoms with Crippen LogP contribution in [0.3, 0.4) is 0 Å². The van der Waals surface area contributed by atoms with Gasteiger partial charge in [0.1, 0.15) is 0 Å². The fourth-order valence-corrected chi connectivity index (χ4v) is 3.20. The lowest BCUT2D eigenvalue weighted by atomic mass is 9.77. The molecule has 0 aromatic heterocycles. The molecule has 18 heavy (non-hydrogen) atoms. The van der Waals surface area contributed by atoms with E-state index in [-0.39, 0.29) is 0 Å². The van der Waals surface area contributed by atoms with E-state index < -0.39 is 0 Å². The van der Waals surface area contributed by atoms with Crippen molar-refractivity contribution in [2.45, 2.75) is 57.8 Å². The van der Waals surface area contributed by atoms with Crippen LogP contribution in [0.4, 0.5) is 5.69 Å². The molecular formula is C17H27N. The van der Waals surface area contributed by atoms with Crippen LogP contribution in [0.5, 0.6) is 0 Å². The fourth-order valence-electron chi connectivity index (χ4n) is 3.20. The van der Waals surface area contributed by atoms with E-state index in [1.54, 1.807) is 5.56 Å². The molecule has 0 spiro atoms. The molecule has 1 nitrogen and oxygen atoms in total. The standard InChI is InChI=1S/C17H27N/c1-3-4-5-14-6-8-15(9-7-14)16-10-12-17(18-2)13-11-16/h10-15,18H,3-9H2,1-2H3. The first kappa shape index (κ1) is 13.5. The first-order valence-electron chi connectivity index (χ1n) is 7.61. The summed E-state index contributed by atoms with van der Waals surface area (Å²) in [5.41, 5.74) is 2.76. The normalized spacial score (nSPS) is 23.9. The third-order valence-electron chi connectivity index (χ3n) is 4.48. The highest BCUT2D eigenvalue weighted by atomic mass is 14.8. The van der Waals surface area contributed by atoms with E-state index in [1.807, 2.05) is 7.05 Å². The number of hydrogen-bond acceptors (Lipinski definition) is 1. The molecule has 0 unspecified atom stereocenters. The minimum atomic E-state index is 0.814. The zero-order valence-electron chi connectivity index (χ0n) is 11.9. The molecule has 1 aliphatic carbocycles. The number of nitrogens with one attached hydrogen (secondary N) is 1. The van der Waals surface area contributed by atoms with E-state index in [0.717, 1.165) is 11.8 Å². The first-order chi connectivity index (χ1) is 8.83. The molecule has 100 valence electrons. The zero-order valence-corrected chi connectivity index (χ0v) is 11.9. The van der Waals surface area contributed by atoms with Crippen molar-refractivity contribution < 1.29 is 0 Å². The number of anilines is 1. The van der Waals surface area contributed by atoms with Gasteiger partial charge in [-0.05, 0) is 55.2 Å². The molecule has 1 aromatic carbocycles. The molecule has 0 amide bonds. The highest BCUT2D eigenvalue weighted by Gasteiger charge is 2.21. The van der Waals surface area contributed by atoms with Gasteiger partial charge in [-0.2, -0.15) is 0 Å². The number of unbranched alkanes of at least 4 members (excludes halogenated alkanes) is 1. The smallest absolute Gasteiger partial charge is 0.0337 e. The van der Waals surface area contributed by atoms with Crippen molar-refractivity contribution in [2.24, 2.45) is 5.92 Å². The van der Waals surface area contributed by atoms with Gasteiger partial charge in [-0.25, -0.2) is 0 Å². The summed E-state index contributed by atoms with van der Waals surface area (Å²) in [4.78, 5) is 0. The molecule has 0 saturated heterocycles. The quantitative estimate of drug-likeness (QED) is 0.752. The second-order valence-electron chi connectivity index (χ2n) is 5.73. The largest absolute Gasteiger partial charge is 0.388 e. The Morgan fingerprint density at radius 2 is 1.72 bits per heavy atom. The molecule has 0 bridgehead atoms. The van der Waals surface area contributed by atoms with Gasteiger partial charge in [0.05, 0.1) is 0 Å². The summed E-state index contributed by atoms with van der Waals surface area (Å²) < 4.78 is 0. The van der Waals surface area contributed by atoms with Crippen molar-refractivity contribution in [1.29, 1.82) is 0 Å². The molecule has 2 rings (SSSR count). The molecule has 1 heteroatoms. The highest BCUT2D eigenvalue weighted by molar-refractivity contribution is 5.44. The Balaban J connectivity index is 1.84. The molecule has 1 N–H and O–H groups in total. The van der Waals surface area contributed by atoms with Gasteiger partial charge in [-0.3, -0.25) is 0 Å². The van der Waals surface area contributed by atoms with Gasteiger partial charge in [-0.1, -0.05) is 38.3 Å². The summed E-state index contributed by atoms with van der Waals surface area (Å²) in [5.74, 6) is 1.83. The second-order valence-corrected chi connectivity index (χ2v) is 5.73. The van der Waals surface area contributed by atoms with Crippen LogP contribution < -0.4 is 5.32 Å². The van der Waals surface area contributed by atoms with Gasteiger partial charge in [0.15, 0.2) is 0 Å². The maximum absolute atomic E-state index is 3.19.